The second-order valence-corrected chi connectivity index (χ2v) is 4.76. The van der Waals surface area contributed by atoms with Crippen molar-refractivity contribution < 1.29 is 9.13 Å². The Morgan fingerprint density at radius 2 is 1.95 bits per heavy atom. The first kappa shape index (κ1) is 13.5. The molecule has 0 atom stereocenters. The topological polar surface area (TPSA) is 48.1 Å². The SMILES string of the molecule is NCc1cc(F)ccc1COc1ccc2cccnc2c1. The predicted molar refractivity (Wildman–Crippen MR) is 80.4 cm³/mol. The van der Waals surface area contributed by atoms with Gasteiger partial charge in [0.1, 0.15) is 18.2 Å². The summed E-state index contributed by atoms with van der Waals surface area (Å²) in [5.74, 6) is 0.447. The molecule has 4 heteroatoms. The molecule has 3 aromatic rings. The van der Waals surface area contributed by atoms with Gasteiger partial charge in [-0.1, -0.05) is 12.1 Å². The van der Waals surface area contributed by atoms with E-state index in [9.17, 15) is 4.39 Å². The molecular formula is C17H15FN2O. The molecular weight excluding hydrogens is 267 g/mol. The molecule has 0 saturated heterocycles. The number of hydrogen-bond donors (Lipinski definition) is 1. The lowest BCUT2D eigenvalue weighted by molar-refractivity contribution is 0.305. The summed E-state index contributed by atoms with van der Waals surface area (Å²) in [6.45, 7) is 0.640. The molecule has 1 heterocycles. The zero-order chi connectivity index (χ0) is 14.7. The standard InChI is InChI=1S/C17H15FN2O/c18-15-5-3-13(14(8-15)10-19)11-21-16-6-4-12-2-1-7-20-17(12)9-16/h1-9H,10-11,19H2. The Hall–Kier alpha value is -2.46. The van der Waals surface area contributed by atoms with Crippen molar-refractivity contribution in [1.29, 1.82) is 0 Å². The minimum absolute atomic E-state index is 0.283. The van der Waals surface area contributed by atoms with Crippen LogP contribution in [-0.2, 0) is 13.2 Å². The Morgan fingerprint density at radius 3 is 2.81 bits per heavy atom. The van der Waals surface area contributed by atoms with E-state index in [0.717, 1.165) is 27.8 Å². The number of rotatable bonds is 4. The second kappa shape index (κ2) is 5.89. The minimum Gasteiger partial charge on any atom is -0.489 e. The summed E-state index contributed by atoms with van der Waals surface area (Å²) in [7, 11) is 0. The van der Waals surface area contributed by atoms with Gasteiger partial charge in [-0.15, -0.1) is 0 Å². The molecule has 0 saturated carbocycles. The third-order valence-corrected chi connectivity index (χ3v) is 3.36. The minimum atomic E-state index is -0.283. The summed E-state index contributed by atoms with van der Waals surface area (Å²) < 4.78 is 18.9. The van der Waals surface area contributed by atoms with Gasteiger partial charge in [-0.05, 0) is 41.5 Å². The molecule has 2 N–H and O–H groups in total. The van der Waals surface area contributed by atoms with Crippen molar-refractivity contribution in [2.75, 3.05) is 0 Å². The molecule has 0 aliphatic carbocycles. The maximum absolute atomic E-state index is 13.2. The normalized spacial score (nSPS) is 10.8. The smallest absolute Gasteiger partial charge is 0.123 e. The first-order chi connectivity index (χ1) is 10.3. The Balaban J connectivity index is 1.80. The van der Waals surface area contributed by atoms with E-state index in [-0.39, 0.29) is 12.4 Å². The molecule has 106 valence electrons. The number of benzene rings is 2. The second-order valence-electron chi connectivity index (χ2n) is 4.76. The Kier molecular flexibility index (Phi) is 3.79. The third-order valence-electron chi connectivity index (χ3n) is 3.36. The lowest BCUT2D eigenvalue weighted by Crippen LogP contribution is -2.05. The fourth-order valence-corrected chi connectivity index (χ4v) is 2.22. The van der Waals surface area contributed by atoms with E-state index in [1.807, 2.05) is 30.3 Å². The molecule has 0 fully saturated rings. The van der Waals surface area contributed by atoms with E-state index in [4.69, 9.17) is 10.5 Å². The van der Waals surface area contributed by atoms with Gasteiger partial charge in [-0.2, -0.15) is 0 Å². The van der Waals surface area contributed by atoms with Crippen LogP contribution >= 0.6 is 0 Å². The van der Waals surface area contributed by atoms with Crippen LogP contribution in [-0.4, -0.2) is 4.98 Å². The number of pyridine rings is 1. The van der Waals surface area contributed by atoms with Crippen LogP contribution in [0.2, 0.25) is 0 Å². The maximum Gasteiger partial charge on any atom is 0.123 e. The van der Waals surface area contributed by atoms with Gasteiger partial charge < -0.3 is 10.5 Å². The van der Waals surface area contributed by atoms with Crippen LogP contribution in [0.1, 0.15) is 11.1 Å². The Labute approximate surface area is 122 Å². The van der Waals surface area contributed by atoms with Crippen LogP contribution in [0.5, 0.6) is 5.75 Å². The number of hydrogen-bond acceptors (Lipinski definition) is 3. The van der Waals surface area contributed by atoms with Gasteiger partial charge in [0, 0.05) is 24.2 Å². The summed E-state index contributed by atoms with van der Waals surface area (Å²) in [4.78, 5) is 4.29. The summed E-state index contributed by atoms with van der Waals surface area (Å²) in [6.07, 6.45) is 1.75. The van der Waals surface area contributed by atoms with Crippen LogP contribution in [0.15, 0.2) is 54.7 Å². The number of halogens is 1. The van der Waals surface area contributed by atoms with Crippen molar-refractivity contribution in [2.24, 2.45) is 5.73 Å². The molecule has 3 rings (SSSR count). The van der Waals surface area contributed by atoms with Crippen LogP contribution in [0.4, 0.5) is 4.39 Å². The van der Waals surface area contributed by atoms with Gasteiger partial charge in [0.05, 0.1) is 5.52 Å². The highest BCUT2D eigenvalue weighted by molar-refractivity contribution is 5.79. The zero-order valence-electron chi connectivity index (χ0n) is 11.4. The first-order valence-corrected chi connectivity index (χ1v) is 6.71. The van der Waals surface area contributed by atoms with Gasteiger partial charge in [0.15, 0.2) is 0 Å². The lowest BCUT2D eigenvalue weighted by atomic mass is 10.1. The number of aromatic nitrogens is 1. The van der Waals surface area contributed by atoms with Crippen molar-refractivity contribution >= 4 is 10.9 Å². The summed E-state index contributed by atoms with van der Waals surface area (Å²) in [6, 6.07) is 14.2. The number of fused-ring (bicyclic) bond motifs is 1. The van der Waals surface area contributed by atoms with E-state index in [1.54, 1.807) is 12.3 Å². The molecule has 2 aromatic carbocycles. The predicted octanol–water partition coefficient (Wildman–Crippen LogP) is 3.41. The van der Waals surface area contributed by atoms with Crippen molar-refractivity contribution in [3.05, 3.63) is 71.7 Å². The highest BCUT2D eigenvalue weighted by Gasteiger charge is 2.05. The van der Waals surface area contributed by atoms with Crippen LogP contribution in [0.3, 0.4) is 0 Å². The quantitative estimate of drug-likeness (QED) is 0.797. The summed E-state index contributed by atoms with van der Waals surface area (Å²) in [5, 5.41) is 1.06. The van der Waals surface area contributed by atoms with Crippen molar-refractivity contribution in [3.63, 3.8) is 0 Å². The molecule has 0 aliphatic rings. The van der Waals surface area contributed by atoms with Crippen molar-refractivity contribution in [1.82, 2.24) is 4.98 Å². The van der Waals surface area contributed by atoms with Crippen LogP contribution in [0.25, 0.3) is 10.9 Å². The van der Waals surface area contributed by atoms with Crippen LogP contribution in [0, 0.1) is 5.82 Å². The molecule has 0 radical (unpaired) electrons. The van der Waals surface area contributed by atoms with Gasteiger partial charge in [-0.25, -0.2) is 4.39 Å². The summed E-state index contributed by atoms with van der Waals surface area (Å²) in [5.41, 5.74) is 8.16. The van der Waals surface area contributed by atoms with E-state index in [2.05, 4.69) is 4.98 Å². The van der Waals surface area contributed by atoms with E-state index in [1.165, 1.54) is 12.1 Å². The monoisotopic (exact) mass is 282 g/mol. The number of ether oxygens (including phenoxy) is 1. The highest BCUT2D eigenvalue weighted by Crippen LogP contribution is 2.20. The average Bonchev–Trinajstić information content (AvgIpc) is 2.53. The molecule has 0 aliphatic heterocycles. The van der Waals surface area contributed by atoms with Gasteiger partial charge in [0.25, 0.3) is 0 Å². The van der Waals surface area contributed by atoms with Gasteiger partial charge in [0.2, 0.25) is 0 Å². The molecule has 0 amide bonds. The average molecular weight is 282 g/mol. The number of nitrogens with zero attached hydrogens (tertiary/aromatic N) is 1. The fourth-order valence-electron chi connectivity index (χ4n) is 2.22. The van der Waals surface area contributed by atoms with Crippen molar-refractivity contribution in [3.8, 4) is 5.75 Å². The zero-order valence-corrected chi connectivity index (χ0v) is 11.4. The molecule has 0 spiro atoms. The third kappa shape index (κ3) is 3.01. The molecule has 0 bridgehead atoms. The first-order valence-electron chi connectivity index (χ1n) is 6.71. The molecule has 1 aromatic heterocycles. The van der Waals surface area contributed by atoms with Crippen molar-refractivity contribution in [2.45, 2.75) is 13.2 Å². The van der Waals surface area contributed by atoms with Crippen LogP contribution < -0.4 is 10.5 Å². The molecule has 3 nitrogen and oxygen atoms in total. The molecule has 0 unspecified atom stereocenters. The van der Waals surface area contributed by atoms with Gasteiger partial charge >= 0.3 is 0 Å². The van der Waals surface area contributed by atoms with E-state index >= 15 is 0 Å². The van der Waals surface area contributed by atoms with Gasteiger partial charge in [-0.3, -0.25) is 4.98 Å². The molecule has 21 heavy (non-hydrogen) atoms. The fraction of sp³-hybridized carbons (Fsp3) is 0.118. The van der Waals surface area contributed by atoms with E-state index in [0.29, 0.717) is 6.61 Å². The summed E-state index contributed by atoms with van der Waals surface area (Å²) >= 11 is 0. The number of nitrogens with two attached hydrogens (primary N) is 1. The maximum atomic E-state index is 13.2. The van der Waals surface area contributed by atoms with E-state index < -0.39 is 0 Å². The highest BCUT2D eigenvalue weighted by atomic mass is 19.1. The Bertz CT molecular complexity index is 774. The lowest BCUT2D eigenvalue weighted by Gasteiger charge is -2.10. The Morgan fingerprint density at radius 1 is 1.05 bits per heavy atom. The largest absolute Gasteiger partial charge is 0.489 e.